The van der Waals surface area contributed by atoms with Crippen LogP contribution in [0.15, 0.2) is 48.5 Å². The molecule has 0 N–H and O–H groups in total. The summed E-state index contributed by atoms with van der Waals surface area (Å²) in [6.07, 6.45) is 5.77. The molecule has 2 saturated heterocycles. The molecular weight excluding hydrogens is 424 g/mol. The third kappa shape index (κ3) is 5.27. The molecule has 2 aromatic rings. The van der Waals surface area contributed by atoms with Gasteiger partial charge in [-0.15, -0.1) is 0 Å². The molecule has 180 valence electrons. The first kappa shape index (κ1) is 22.9. The average Bonchev–Trinajstić information content (AvgIpc) is 3.18. The second-order valence-corrected chi connectivity index (χ2v) is 9.85. The molecule has 0 radical (unpaired) electrons. The highest BCUT2D eigenvalue weighted by Crippen LogP contribution is 2.25. The van der Waals surface area contributed by atoms with Crippen molar-refractivity contribution < 1.29 is 9.59 Å². The lowest BCUT2D eigenvalue weighted by atomic mass is 9.99. The quantitative estimate of drug-likeness (QED) is 0.702. The van der Waals surface area contributed by atoms with E-state index in [9.17, 15) is 9.59 Å². The molecule has 6 heteroatoms. The van der Waals surface area contributed by atoms with Crippen LogP contribution in [0, 0.1) is 0 Å². The van der Waals surface area contributed by atoms with E-state index in [1.165, 1.54) is 29.7 Å². The van der Waals surface area contributed by atoms with Gasteiger partial charge < -0.3 is 14.7 Å². The number of benzene rings is 2. The molecule has 0 atom stereocenters. The van der Waals surface area contributed by atoms with Gasteiger partial charge in [-0.3, -0.25) is 14.5 Å². The van der Waals surface area contributed by atoms with Crippen molar-refractivity contribution in [3.05, 3.63) is 65.2 Å². The van der Waals surface area contributed by atoms with Gasteiger partial charge in [0.15, 0.2) is 0 Å². The van der Waals surface area contributed by atoms with E-state index >= 15 is 0 Å². The Morgan fingerprint density at radius 3 is 2.06 bits per heavy atom. The van der Waals surface area contributed by atoms with Crippen LogP contribution in [0.3, 0.4) is 0 Å². The smallest absolute Gasteiger partial charge is 0.253 e. The monoisotopic (exact) mass is 460 g/mol. The van der Waals surface area contributed by atoms with Crippen LogP contribution in [0.25, 0.3) is 0 Å². The fraction of sp³-hybridized carbons (Fsp3) is 0.500. The number of carbonyl (C=O) groups is 2. The Morgan fingerprint density at radius 2 is 1.35 bits per heavy atom. The standard InChI is InChI=1S/C28H36N4O2/c33-27(30-14-5-1-2-6-15-30)22-29-17-19-31(20-18-29)28(34)24-9-11-26(12-10-24)32-16-13-23-7-3-4-8-25(23)21-32/h3-4,7-12H,1-2,5-6,13-22H2. The van der Waals surface area contributed by atoms with Gasteiger partial charge in [0.1, 0.15) is 0 Å². The highest BCUT2D eigenvalue weighted by atomic mass is 16.2. The average molecular weight is 461 g/mol. The Bertz CT molecular complexity index is 990. The van der Waals surface area contributed by atoms with Gasteiger partial charge in [0, 0.05) is 63.6 Å². The van der Waals surface area contributed by atoms with Crippen molar-refractivity contribution in [2.75, 3.05) is 57.3 Å². The Kier molecular flexibility index (Phi) is 7.14. The van der Waals surface area contributed by atoms with Crippen molar-refractivity contribution in [2.24, 2.45) is 0 Å². The van der Waals surface area contributed by atoms with Crippen molar-refractivity contribution in [3.63, 3.8) is 0 Å². The van der Waals surface area contributed by atoms with Gasteiger partial charge in [-0.2, -0.15) is 0 Å². The number of amides is 2. The zero-order valence-corrected chi connectivity index (χ0v) is 20.1. The van der Waals surface area contributed by atoms with Gasteiger partial charge in [0.2, 0.25) is 5.91 Å². The first-order valence-electron chi connectivity index (χ1n) is 12.9. The number of hydrogen-bond donors (Lipinski definition) is 0. The molecule has 3 heterocycles. The number of fused-ring (bicyclic) bond motifs is 1. The van der Waals surface area contributed by atoms with Crippen LogP contribution in [0.4, 0.5) is 5.69 Å². The van der Waals surface area contributed by atoms with Gasteiger partial charge in [0.05, 0.1) is 6.54 Å². The number of hydrogen-bond acceptors (Lipinski definition) is 4. The molecule has 0 unspecified atom stereocenters. The number of rotatable bonds is 4. The summed E-state index contributed by atoms with van der Waals surface area (Å²) in [4.78, 5) is 34.3. The second kappa shape index (κ2) is 10.6. The number of piperazine rings is 1. The first-order chi connectivity index (χ1) is 16.7. The summed E-state index contributed by atoms with van der Waals surface area (Å²) in [6.45, 7) is 7.08. The largest absolute Gasteiger partial charge is 0.367 e. The van der Waals surface area contributed by atoms with Gasteiger partial charge in [-0.1, -0.05) is 37.1 Å². The van der Waals surface area contributed by atoms with Crippen molar-refractivity contribution >= 4 is 17.5 Å². The first-order valence-corrected chi connectivity index (χ1v) is 12.9. The highest BCUT2D eigenvalue weighted by Gasteiger charge is 2.25. The van der Waals surface area contributed by atoms with E-state index < -0.39 is 0 Å². The van der Waals surface area contributed by atoms with E-state index in [-0.39, 0.29) is 11.8 Å². The maximum Gasteiger partial charge on any atom is 0.253 e. The third-order valence-corrected chi connectivity index (χ3v) is 7.59. The maximum absolute atomic E-state index is 13.1. The van der Waals surface area contributed by atoms with Crippen molar-refractivity contribution in [3.8, 4) is 0 Å². The van der Waals surface area contributed by atoms with Gasteiger partial charge >= 0.3 is 0 Å². The molecule has 3 aliphatic heterocycles. The van der Waals surface area contributed by atoms with E-state index in [2.05, 4.69) is 46.2 Å². The van der Waals surface area contributed by atoms with Crippen molar-refractivity contribution in [1.82, 2.24) is 14.7 Å². The van der Waals surface area contributed by atoms with Crippen LogP contribution in [0.1, 0.15) is 47.2 Å². The summed E-state index contributed by atoms with van der Waals surface area (Å²) >= 11 is 0. The fourth-order valence-corrected chi connectivity index (χ4v) is 5.43. The maximum atomic E-state index is 13.1. The zero-order chi connectivity index (χ0) is 23.3. The molecule has 0 aliphatic carbocycles. The van der Waals surface area contributed by atoms with Crippen LogP contribution >= 0.6 is 0 Å². The predicted octanol–water partition coefficient (Wildman–Crippen LogP) is 3.41. The molecule has 6 nitrogen and oxygen atoms in total. The summed E-state index contributed by atoms with van der Waals surface area (Å²) in [5.74, 6) is 0.339. The lowest BCUT2D eigenvalue weighted by Crippen LogP contribution is -2.51. The minimum absolute atomic E-state index is 0.0917. The minimum Gasteiger partial charge on any atom is -0.367 e. The molecular formula is C28H36N4O2. The molecule has 5 rings (SSSR count). The number of likely N-dealkylation sites (tertiary alicyclic amines) is 1. The molecule has 2 fully saturated rings. The van der Waals surface area contributed by atoms with Gasteiger partial charge in [-0.25, -0.2) is 0 Å². The van der Waals surface area contributed by atoms with Crippen LogP contribution in [0.2, 0.25) is 0 Å². The molecule has 0 spiro atoms. The van der Waals surface area contributed by atoms with Crippen molar-refractivity contribution in [2.45, 2.75) is 38.6 Å². The van der Waals surface area contributed by atoms with E-state index in [1.54, 1.807) is 0 Å². The third-order valence-electron chi connectivity index (χ3n) is 7.59. The van der Waals surface area contributed by atoms with Crippen LogP contribution < -0.4 is 4.90 Å². The predicted molar refractivity (Wildman–Crippen MR) is 135 cm³/mol. The number of carbonyl (C=O) groups excluding carboxylic acids is 2. The van der Waals surface area contributed by atoms with E-state index in [0.29, 0.717) is 19.6 Å². The summed E-state index contributed by atoms with van der Waals surface area (Å²) in [6, 6.07) is 16.7. The Morgan fingerprint density at radius 1 is 0.676 bits per heavy atom. The summed E-state index contributed by atoms with van der Waals surface area (Å²) in [5, 5.41) is 0. The summed E-state index contributed by atoms with van der Waals surface area (Å²) < 4.78 is 0. The van der Waals surface area contributed by atoms with E-state index in [1.807, 2.05) is 21.9 Å². The molecule has 0 aromatic heterocycles. The summed E-state index contributed by atoms with van der Waals surface area (Å²) in [5.41, 5.74) is 4.75. The van der Waals surface area contributed by atoms with Gasteiger partial charge in [0.25, 0.3) is 5.91 Å². The Hall–Kier alpha value is -2.86. The van der Waals surface area contributed by atoms with Crippen LogP contribution in [-0.2, 0) is 17.8 Å². The fourth-order valence-electron chi connectivity index (χ4n) is 5.43. The zero-order valence-electron chi connectivity index (χ0n) is 20.1. The number of nitrogens with zero attached hydrogens (tertiary/aromatic N) is 4. The lowest BCUT2D eigenvalue weighted by molar-refractivity contribution is -0.132. The Labute approximate surface area is 203 Å². The van der Waals surface area contributed by atoms with E-state index in [0.717, 1.165) is 64.1 Å². The molecule has 0 saturated carbocycles. The molecule has 2 aromatic carbocycles. The summed E-state index contributed by atoms with van der Waals surface area (Å²) in [7, 11) is 0. The van der Waals surface area contributed by atoms with Crippen LogP contribution in [0.5, 0.6) is 0 Å². The highest BCUT2D eigenvalue weighted by molar-refractivity contribution is 5.94. The van der Waals surface area contributed by atoms with Gasteiger partial charge in [-0.05, 0) is 54.7 Å². The SMILES string of the molecule is O=C(CN1CCN(C(=O)c2ccc(N3CCc4ccccc4C3)cc2)CC1)N1CCCCCC1. The molecule has 2 amide bonds. The number of anilines is 1. The molecule has 3 aliphatic rings. The lowest BCUT2D eigenvalue weighted by Gasteiger charge is -2.35. The van der Waals surface area contributed by atoms with E-state index in [4.69, 9.17) is 0 Å². The normalized spacial score (nSPS) is 19.5. The second-order valence-electron chi connectivity index (χ2n) is 9.85. The Balaban J connectivity index is 1.12. The molecule has 0 bridgehead atoms. The van der Waals surface area contributed by atoms with Crippen molar-refractivity contribution in [1.29, 1.82) is 0 Å². The minimum atomic E-state index is 0.0917. The topological polar surface area (TPSA) is 47.1 Å². The van der Waals surface area contributed by atoms with Crippen LogP contribution in [-0.4, -0.2) is 78.9 Å². The molecule has 34 heavy (non-hydrogen) atoms.